The average Bonchev–Trinajstić information content (AvgIpc) is 1.85. The fourth-order valence-electron chi connectivity index (χ4n) is 0.203. The molecule has 0 N–H and O–H groups in total. The molecule has 0 bridgehead atoms. The van der Waals surface area contributed by atoms with Crippen molar-refractivity contribution < 1.29 is 27.8 Å². The van der Waals surface area contributed by atoms with E-state index in [1.54, 1.807) is 0 Å². The monoisotopic (exact) mass is 157 g/mol. The van der Waals surface area contributed by atoms with Crippen LogP contribution in [-0.2, 0) is 14.6 Å². The number of rotatable bonds is 4. The minimum absolute atomic E-state index is 1.31. The van der Waals surface area contributed by atoms with Crippen LogP contribution in [0.1, 0.15) is 0 Å². The fourth-order valence-corrected chi connectivity index (χ4v) is 0.203. The first kappa shape index (κ1) is 9.22. The standard InChI is InChI=1S/C4H4F3O3/c5-2-4(6,7)10-1-3(8)9/h1-2H2. The van der Waals surface area contributed by atoms with Crippen LogP contribution in [0, 0.1) is 0 Å². The van der Waals surface area contributed by atoms with Gasteiger partial charge in [0.25, 0.3) is 0 Å². The second kappa shape index (κ2) is 3.40. The van der Waals surface area contributed by atoms with Gasteiger partial charge in [0, 0.05) is 0 Å². The molecule has 1 radical (unpaired) electrons. The Bertz CT molecular complexity index is 125. The van der Waals surface area contributed by atoms with Gasteiger partial charge in [-0.25, -0.2) is 14.3 Å². The molecule has 0 saturated heterocycles. The number of hydrogen-bond donors (Lipinski definition) is 0. The summed E-state index contributed by atoms with van der Waals surface area (Å²) in [5, 5.41) is 9.47. The van der Waals surface area contributed by atoms with Gasteiger partial charge in [-0.2, -0.15) is 8.78 Å². The lowest BCUT2D eigenvalue weighted by Gasteiger charge is -2.09. The molecule has 0 aliphatic heterocycles. The molecule has 0 heterocycles. The molecule has 0 spiro atoms. The number of carbonyl (C=O) groups is 1. The average molecular weight is 157 g/mol. The highest BCUT2D eigenvalue weighted by atomic mass is 19.3. The summed E-state index contributed by atoms with van der Waals surface area (Å²) < 4.78 is 37.7. The van der Waals surface area contributed by atoms with Gasteiger partial charge < -0.3 is 4.74 Å². The van der Waals surface area contributed by atoms with E-state index < -0.39 is 25.4 Å². The van der Waals surface area contributed by atoms with Crippen LogP contribution in [0.3, 0.4) is 0 Å². The molecule has 0 atom stereocenters. The van der Waals surface area contributed by atoms with Gasteiger partial charge in [-0.1, -0.05) is 0 Å². The molecule has 10 heavy (non-hydrogen) atoms. The largest absolute Gasteiger partial charge is 0.384 e. The molecule has 0 aliphatic carbocycles. The molecule has 0 fully saturated rings. The van der Waals surface area contributed by atoms with E-state index in [1.165, 1.54) is 0 Å². The molecule has 0 aromatic heterocycles. The van der Waals surface area contributed by atoms with Crippen molar-refractivity contribution >= 4 is 5.97 Å². The summed E-state index contributed by atoms with van der Waals surface area (Å²) in [5.74, 6) is -1.81. The van der Waals surface area contributed by atoms with Gasteiger partial charge in [0.1, 0.15) is 0 Å². The zero-order chi connectivity index (χ0) is 8.20. The van der Waals surface area contributed by atoms with Crippen molar-refractivity contribution in [3.63, 3.8) is 0 Å². The van der Waals surface area contributed by atoms with E-state index in [0.29, 0.717) is 0 Å². The summed E-state index contributed by atoms with van der Waals surface area (Å²) in [6.07, 6.45) is -4.01. The molecular formula is C4H4F3O3. The maximum absolute atomic E-state index is 11.6. The Morgan fingerprint density at radius 1 is 1.50 bits per heavy atom. The fraction of sp³-hybridized carbons (Fsp3) is 0.750. The van der Waals surface area contributed by atoms with E-state index >= 15 is 0 Å². The molecule has 0 aromatic rings. The van der Waals surface area contributed by atoms with Gasteiger partial charge in [-0.15, -0.1) is 0 Å². The van der Waals surface area contributed by atoms with E-state index in [4.69, 9.17) is 0 Å². The summed E-state index contributed by atoms with van der Waals surface area (Å²) in [6.45, 7) is -3.35. The highest BCUT2D eigenvalue weighted by Gasteiger charge is 2.30. The maximum Gasteiger partial charge on any atom is 0.384 e. The minimum atomic E-state index is -4.01. The summed E-state index contributed by atoms with van der Waals surface area (Å²) in [5.41, 5.74) is 0. The van der Waals surface area contributed by atoms with Crippen molar-refractivity contribution in [3.8, 4) is 0 Å². The molecule has 0 amide bonds. The zero-order valence-electron chi connectivity index (χ0n) is 4.77. The third-order valence-electron chi connectivity index (χ3n) is 0.557. The molecule has 59 valence electrons. The van der Waals surface area contributed by atoms with Crippen LogP contribution in [-0.4, -0.2) is 25.4 Å². The van der Waals surface area contributed by atoms with Crippen LogP contribution in [0.5, 0.6) is 0 Å². The second-order valence-corrected chi connectivity index (χ2v) is 1.43. The summed E-state index contributed by atoms with van der Waals surface area (Å²) in [4.78, 5) is 9.47. The van der Waals surface area contributed by atoms with Crippen LogP contribution in [0.25, 0.3) is 0 Å². The van der Waals surface area contributed by atoms with Crippen LogP contribution in [0.15, 0.2) is 0 Å². The van der Waals surface area contributed by atoms with E-state index in [2.05, 4.69) is 4.74 Å². The van der Waals surface area contributed by atoms with Gasteiger partial charge in [0.05, 0.1) is 0 Å². The van der Waals surface area contributed by atoms with Crippen molar-refractivity contribution in [2.75, 3.05) is 13.3 Å². The normalized spacial score (nSPS) is 11.5. The topological polar surface area (TPSA) is 46.2 Å². The highest BCUT2D eigenvalue weighted by molar-refractivity contribution is 5.67. The first-order valence-electron chi connectivity index (χ1n) is 2.25. The van der Waals surface area contributed by atoms with Gasteiger partial charge in [-0.3, -0.25) is 0 Å². The van der Waals surface area contributed by atoms with Crippen molar-refractivity contribution in [3.05, 3.63) is 0 Å². The van der Waals surface area contributed by atoms with Gasteiger partial charge in [-0.05, 0) is 0 Å². The quantitative estimate of drug-likeness (QED) is 0.597. The predicted molar refractivity (Wildman–Crippen MR) is 22.6 cm³/mol. The van der Waals surface area contributed by atoms with E-state index in [1.807, 2.05) is 0 Å². The van der Waals surface area contributed by atoms with Gasteiger partial charge in [0.2, 0.25) is 0 Å². The van der Waals surface area contributed by atoms with Gasteiger partial charge >= 0.3 is 12.1 Å². The Kier molecular flexibility index (Phi) is 3.14. The molecule has 3 nitrogen and oxygen atoms in total. The first-order valence-corrected chi connectivity index (χ1v) is 2.25. The van der Waals surface area contributed by atoms with Crippen LogP contribution in [0.4, 0.5) is 13.2 Å². The maximum atomic E-state index is 11.6. The van der Waals surface area contributed by atoms with Crippen LogP contribution >= 0.6 is 0 Å². The van der Waals surface area contributed by atoms with Crippen LogP contribution in [0.2, 0.25) is 0 Å². The predicted octanol–water partition coefficient (Wildman–Crippen LogP) is 0.522. The molecule has 0 aromatic carbocycles. The number of ether oxygens (including phenoxy) is 1. The lowest BCUT2D eigenvalue weighted by atomic mass is 10.6. The summed E-state index contributed by atoms with van der Waals surface area (Å²) in [6, 6.07) is 0. The van der Waals surface area contributed by atoms with Crippen molar-refractivity contribution in [1.82, 2.24) is 0 Å². The van der Waals surface area contributed by atoms with E-state index in [-0.39, 0.29) is 0 Å². The Balaban J connectivity index is 3.56. The smallest absolute Gasteiger partial charge is 0.306 e. The summed E-state index contributed by atoms with van der Waals surface area (Å²) in [7, 11) is 0. The Hall–Kier alpha value is -0.780. The number of halogens is 3. The van der Waals surface area contributed by atoms with Crippen LogP contribution < -0.4 is 0 Å². The Morgan fingerprint density at radius 3 is 2.30 bits per heavy atom. The second-order valence-electron chi connectivity index (χ2n) is 1.43. The molecule has 0 unspecified atom stereocenters. The van der Waals surface area contributed by atoms with Gasteiger partial charge in [0.15, 0.2) is 13.3 Å². The third-order valence-corrected chi connectivity index (χ3v) is 0.557. The molecular weight excluding hydrogens is 153 g/mol. The summed E-state index contributed by atoms with van der Waals surface area (Å²) >= 11 is 0. The first-order chi connectivity index (χ1) is 4.48. The van der Waals surface area contributed by atoms with Crippen molar-refractivity contribution in [2.24, 2.45) is 0 Å². The SMILES string of the molecule is [O]C(=O)COC(F)(F)CF. The number of carbonyl (C=O) groups excluding carboxylic acids is 1. The molecule has 6 heteroatoms. The van der Waals surface area contributed by atoms with E-state index in [9.17, 15) is 23.1 Å². The Labute approximate surface area is 54.4 Å². The zero-order valence-corrected chi connectivity index (χ0v) is 4.77. The molecule has 0 aliphatic rings. The lowest BCUT2D eigenvalue weighted by molar-refractivity contribution is -0.248. The number of hydrogen-bond acceptors (Lipinski definition) is 2. The van der Waals surface area contributed by atoms with Crippen molar-refractivity contribution in [1.29, 1.82) is 0 Å². The minimum Gasteiger partial charge on any atom is -0.306 e. The Morgan fingerprint density at radius 2 is 2.00 bits per heavy atom. The molecule has 0 rings (SSSR count). The highest BCUT2D eigenvalue weighted by Crippen LogP contribution is 2.14. The lowest BCUT2D eigenvalue weighted by Crippen LogP contribution is -2.26. The molecule has 0 saturated carbocycles. The van der Waals surface area contributed by atoms with Crippen molar-refractivity contribution in [2.45, 2.75) is 6.11 Å². The van der Waals surface area contributed by atoms with E-state index in [0.717, 1.165) is 0 Å². The third kappa shape index (κ3) is 4.13. The number of alkyl halides is 3.